The van der Waals surface area contributed by atoms with Gasteiger partial charge in [0, 0.05) is 24.4 Å². The van der Waals surface area contributed by atoms with E-state index >= 15 is 0 Å². The molecule has 154 valence electrons. The van der Waals surface area contributed by atoms with E-state index in [2.05, 4.69) is 38.7 Å². The summed E-state index contributed by atoms with van der Waals surface area (Å²) >= 11 is 6.34. The molecule has 0 radical (unpaired) electrons. The highest BCUT2D eigenvalue weighted by Gasteiger charge is 2.22. The van der Waals surface area contributed by atoms with Crippen LogP contribution in [0.5, 0.6) is 0 Å². The van der Waals surface area contributed by atoms with E-state index in [-0.39, 0.29) is 23.2 Å². The summed E-state index contributed by atoms with van der Waals surface area (Å²) in [7, 11) is 0. The number of nitrogens with zero attached hydrogens (tertiary/aromatic N) is 5. The van der Waals surface area contributed by atoms with Crippen LogP contribution in [0.2, 0.25) is 0 Å². The molecule has 3 N–H and O–H groups in total. The van der Waals surface area contributed by atoms with Gasteiger partial charge in [0.15, 0.2) is 0 Å². The number of nitrogens with two attached hydrogens (primary N) is 1. The zero-order chi connectivity index (χ0) is 21.6. The number of nitrogens with one attached hydrogen (secondary N) is 1. The fourth-order valence-electron chi connectivity index (χ4n) is 2.94. The van der Waals surface area contributed by atoms with Crippen molar-refractivity contribution in [2.45, 2.75) is 45.2 Å². The molecule has 0 fully saturated rings. The highest BCUT2D eigenvalue weighted by molar-refractivity contribution is 6.20. The van der Waals surface area contributed by atoms with Crippen LogP contribution < -0.4 is 11.1 Å². The van der Waals surface area contributed by atoms with E-state index in [0.29, 0.717) is 18.8 Å². The maximum Gasteiger partial charge on any atom is 0.291 e. The molecule has 0 aliphatic carbocycles. The van der Waals surface area contributed by atoms with Gasteiger partial charge in [-0.25, -0.2) is 14.6 Å². The fourth-order valence-corrected chi connectivity index (χ4v) is 3.15. The molecule has 2 atom stereocenters. The van der Waals surface area contributed by atoms with E-state index in [9.17, 15) is 4.79 Å². The molecule has 2 rings (SSSR count). The van der Waals surface area contributed by atoms with Gasteiger partial charge in [0.25, 0.3) is 5.91 Å². The number of amides is 1. The Morgan fingerprint density at radius 2 is 2.21 bits per heavy atom. The number of hydrogen-bond donors (Lipinski definition) is 2. The van der Waals surface area contributed by atoms with Crippen molar-refractivity contribution in [3.63, 3.8) is 0 Å². The lowest BCUT2D eigenvalue weighted by Gasteiger charge is -2.19. The fraction of sp³-hybridized carbons (Fsp3) is 0.350. The Hall–Kier alpha value is -3.00. The van der Waals surface area contributed by atoms with Crippen molar-refractivity contribution in [2.75, 3.05) is 5.73 Å². The molecule has 0 aromatic carbocycles. The predicted molar refractivity (Wildman–Crippen MR) is 116 cm³/mol. The first-order valence-corrected chi connectivity index (χ1v) is 9.54. The average molecular weight is 416 g/mol. The standard InChI is InChI=1S/C20H26ClN7O/c1-6-7-15(23-5)9-17(13(3)21)28-11-25-19(27-28)20(29)24-10-16-12(2)8-18(22)26-14(16)4/h6-8,11,13,17H,1,5,9-10H2,2-4H3,(H2,22,26)(H,24,29)/b15-7+/t13?,17-/m1/s1. The summed E-state index contributed by atoms with van der Waals surface area (Å²) in [6.07, 6.45) is 5.37. The van der Waals surface area contributed by atoms with Crippen LogP contribution in [0, 0.1) is 13.8 Å². The van der Waals surface area contributed by atoms with Crippen molar-refractivity contribution in [3.8, 4) is 0 Å². The minimum absolute atomic E-state index is 0.0619. The number of aromatic nitrogens is 4. The quantitative estimate of drug-likeness (QED) is 0.371. The Bertz CT molecular complexity index is 910. The molecule has 29 heavy (non-hydrogen) atoms. The number of carbonyl (C=O) groups excluding carboxylic acids is 1. The van der Waals surface area contributed by atoms with Gasteiger partial charge in [-0.3, -0.25) is 9.79 Å². The number of carbonyl (C=O) groups is 1. The Balaban J connectivity index is 2.13. The third kappa shape index (κ3) is 5.74. The zero-order valence-electron chi connectivity index (χ0n) is 16.9. The molecule has 1 unspecified atom stereocenters. The summed E-state index contributed by atoms with van der Waals surface area (Å²) in [5.41, 5.74) is 9.11. The molecule has 0 aliphatic heterocycles. The molecule has 2 aromatic rings. The number of pyridine rings is 1. The maximum absolute atomic E-state index is 12.5. The van der Waals surface area contributed by atoms with Crippen LogP contribution in [0.15, 0.2) is 41.8 Å². The second-order valence-corrected chi connectivity index (χ2v) is 7.35. The van der Waals surface area contributed by atoms with Gasteiger partial charge in [-0.15, -0.1) is 16.7 Å². The monoisotopic (exact) mass is 415 g/mol. The predicted octanol–water partition coefficient (Wildman–Crippen LogP) is 3.13. The van der Waals surface area contributed by atoms with E-state index in [0.717, 1.165) is 22.5 Å². The Kier molecular flexibility index (Phi) is 7.67. The summed E-state index contributed by atoms with van der Waals surface area (Å²) in [6.45, 7) is 13.2. The maximum atomic E-state index is 12.5. The van der Waals surface area contributed by atoms with E-state index < -0.39 is 0 Å². The zero-order valence-corrected chi connectivity index (χ0v) is 17.6. The SMILES string of the molecule is C=C/C=C(\C[C@H](C(C)Cl)n1cnc(C(=O)NCc2c(C)cc(N)nc2C)n1)N=C. The minimum atomic E-state index is -0.385. The molecule has 0 aliphatic rings. The first-order chi connectivity index (χ1) is 13.8. The summed E-state index contributed by atoms with van der Waals surface area (Å²) in [5.74, 6) is 0.131. The van der Waals surface area contributed by atoms with Gasteiger partial charge < -0.3 is 11.1 Å². The second-order valence-electron chi connectivity index (χ2n) is 6.66. The number of halogens is 1. The lowest BCUT2D eigenvalue weighted by molar-refractivity contribution is 0.0940. The van der Waals surface area contributed by atoms with Crippen LogP contribution in [0.4, 0.5) is 5.82 Å². The summed E-state index contributed by atoms with van der Waals surface area (Å²) in [4.78, 5) is 24.9. The molecule has 9 heteroatoms. The van der Waals surface area contributed by atoms with E-state index in [4.69, 9.17) is 17.3 Å². The Morgan fingerprint density at radius 1 is 1.48 bits per heavy atom. The lowest BCUT2D eigenvalue weighted by atomic mass is 10.1. The van der Waals surface area contributed by atoms with E-state index in [1.165, 1.54) is 6.33 Å². The van der Waals surface area contributed by atoms with Gasteiger partial charge in [0.1, 0.15) is 12.1 Å². The van der Waals surface area contributed by atoms with Crippen molar-refractivity contribution < 1.29 is 4.79 Å². The van der Waals surface area contributed by atoms with E-state index in [1.807, 2.05) is 20.8 Å². The van der Waals surface area contributed by atoms with Crippen LogP contribution in [0.1, 0.15) is 46.8 Å². The molecule has 0 saturated carbocycles. The summed E-state index contributed by atoms with van der Waals surface area (Å²) in [5, 5.41) is 6.86. The highest BCUT2D eigenvalue weighted by atomic mass is 35.5. The molecular formula is C20H26ClN7O. The van der Waals surface area contributed by atoms with Gasteiger partial charge in [0.2, 0.25) is 5.82 Å². The van der Waals surface area contributed by atoms with Crippen LogP contribution in [-0.2, 0) is 6.54 Å². The number of aryl methyl sites for hydroxylation is 2. The largest absolute Gasteiger partial charge is 0.384 e. The third-order valence-electron chi connectivity index (χ3n) is 4.51. The molecule has 1 amide bonds. The molecule has 0 saturated heterocycles. The number of alkyl halides is 1. The lowest BCUT2D eigenvalue weighted by Crippen LogP contribution is -2.26. The topological polar surface area (TPSA) is 111 Å². The van der Waals surface area contributed by atoms with Crippen LogP contribution in [0.25, 0.3) is 0 Å². The number of nitrogen functional groups attached to an aromatic ring is 1. The summed E-state index contributed by atoms with van der Waals surface area (Å²) in [6, 6.07) is 1.53. The van der Waals surface area contributed by atoms with Gasteiger partial charge in [-0.2, -0.15) is 0 Å². The first kappa shape index (κ1) is 22.3. The molecule has 2 aromatic heterocycles. The molecular weight excluding hydrogens is 390 g/mol. The highest BCUT2D eigenvalue weighted by Crippen LogP contribution is 2.24. The third-order valence-corrected chi connectivity index (χ3v) is 4.80. The molecule has 8 nitrogen and oxygen atoms in total. The number of aliphatic imine (C=N–C) groups is 1. The number of rotatable bonds is 9. The minimum Gasteiger partial charge on any atom is -0.384 e. The number of anilines is 1. The molecule has 0 bridgehead atoms. The Labute approximate surface area is 175 Å². The first-order valence-electron chi connectivity index (χ1n) is 9.11. The van der Waals surface area contributed by atoms with Crippen LogP contribution in [0.3, 0.4) is 0 Å². The van der Waals surface area contributed by atoms with Crippen LogP contribution in [-0.4, -0.2) is 37.8 Å². The smallest absolute Gasteiger partial charge is 0.291 e. The van der Waals surface area contributed by atoms with Crippen molar-refractivity contribution in [1.82, 2.24) is 25.1 Å². The van der Waals surface area contributed by atoms with Crippen LogP contribution >= 0.6 is 11.6 Å². The summed E-state index contributed by atoms with van der Waals surface area (Å²) < 4.78 is 1.58. The van der Waals surface area contributed by atoms with E-state index in [1.54, 1.807) is 22.9 Å². The van der Waals surface area contributed by atoms with Crippen molar-refractivity contribution in [3.05, 3.63) is 59.5 Å². The number of hydrogen-bond acceptors (Lipinski definition) is 6. The molecule has 0 spiro atoms. The number of allylic oxidation sites excluding steroid dienone is 3. The van der Waals surface area contributed by atoms with Crippen molar-refractivity contribution >= 4 is 30.0 Å². The van der Waals surface area contributed by atoms with Crippen molar-refractivity contribution in [2.24, 2.45) is 4.99 Å². The van der Waals surface area contributed by atoms with Gasteiger partial charge in [0.05, 0.1) is 11.4 Å². The van der Waals surface area contributed by atoms with Gasteiger partial charge in [-0.1, -0.05) is 12.7 Å². The van der Waals surface area contributed by atoms with Gasteiger partial charge >= 0.3 is 0 Å². The average Bonchev–Trinajstić information content (AvgIpc) is 3.13. The van der Waals surface area contributed by atoms with Gasteiger partial charge in [-0.05, 0) is 50.8 Å². The second kappa shape index (κ2) is 9.97. The molecule has 2 heterocycles. The Morgan fingerprint density at radius 3 is 2.79 bits per heavy atom. The van der Waals surface area contributed by atoms with Crippen molar-refractivity contribution in [1.29, 1.82) is 0 Å². The normalized spacial score (nSPS) is 13.6.